The second kappa shape index (κ2) is 5.04. The fourth-order valence-corrected chi connectivity index (χ4v) is 1.13. The molecular formula is C8H17N3O2. The van der Waals surface area contributed by atoms with Gasteiger partial charge in [0.2, 0.25) is 0 Å². The van der Waals surface area contributed by atoms with E-state index in [4.69, 9.17) is 10.5 Å². The molecule has 0 aromatic carbocycles. The van der Waals surface area contributed by atoms with Gasteiger partial charge in [-0.25, -0.2) is 4.79 Å². The van der Waals surface area contributed by atoms with E-state index in [1.54, 1.807) is 4.90 Å². The lowest BCUT2D eigenvalue weighted by Crippen LogP contribution is -2.50. The molecule has 0 saturated carbocycles. The van der Waals surface area contributed by atoms with Crippen LogP contribution in [0, 0.1) is 0 Å². The zero-order chi connectivity index (χ0) is 9.68. The van der Waals surface area contributed by atoms with E-state index in [1.165, 1.54) is 0 Å². The van der Waals surface area contributed by atoms with Crippen LogP contribution in [0.4, 0.5) is 4.79 Å². The minimum Gasteiger partial charge on any atom is -0.378 e. The highest BCUT2D eigenvalue weighted by Crippen LogP contribution is 1.97. The molecule has 0 bridgehead atoms. The summed E-state index contributed by atoms with van der Waals surface area (Å²) in [4.78, 5) is 13.2. The van der Waals surface area contributed by atoms with Crippen molar-refractivity contribution in [1.82, 2.24) is 10.2 Å². The van der Waals surface area contributed by atoms with Crippen LogP contribution in [0.3, 0.4) is 0 Å². The zero-order valence-electron chi connectivity index (χ0n) is 7.95. The maximum atomic E-state index is 11.5. The van der Waals surface area contributed by atoms with Crippen molar-refractivity contribution in [1.29, 1.82) is 0 Å². The summed E-state index contributed by atoms with van der Waals surface area (Å²) in [5.74, 6) is 0. The lowest BCUT2D eigenvalue weighted by atomic mass is 10.3. The van der Waals surface area contributed by atoms with Crippen LogP contribution in [-0.2, 0) is 4.74 Å². The molecule has 1 fully saturated rings. The number of nitrogens with zero attached hydrogens (tertiary/aromatic N) is 1. The molecular weight excluding hydrogens is 170 g/mol. The second-order valence-electron chi connectivity index (χ2n) is 3.19. The molecule has 0 aromatic rings. The van der Waals surface area contributed by atoms with E-state index in [0.717, 1.165) is 0 Å². The van der Waals surface area contributed by atoms with Crippen LogP contribution < -0.4 is 11.1 Å². The van der Waals surface area contributed by atoms with E-state index < -0.39 is 0 Å². The molecule has 76 valence electrons. The zero-order valence-corrected chi connectivity index (χ0v) is 7.95. The largest absolute Gasteiger partial charge is 0.378 e. The molecule has 0 aliphatic carbocycles. The Labute approximate surface area is 78.2 Å². The normalized spacial score (nSPS) is 19.7. The summed E-state index contributed by atoms with van der Waals surface area (Å²) in [5.41, 5.74) is 5.39. The van der Waals surface area contributed by atoms with Crippen LogP contribution in [0.15, 0.2) is 0 Å². The number of rotatable bonds is 2. The van der Waals surface area contributed by atoms with E-state index in [9.17, 15) is 4.79 Å². The number of carbonyl (C=O) groups is 1. The molecule has 1 heterocycles. The van der Waals surface area contributed by atoms with E-state index in [2.05, 4.69) is 5.32 Å². The molecule has 0 radical (unpaired) electrons. The Morgan fingerprint density at radius 2 is 2.23 bits per heavy atom. The lowest BCUT2D eigenvalue weighted by molar-refractivity contribution is 0.0527. The highest BCUT2D eigenvalue weighted by atomic mass is 16.5. The molecule has 1 aliphatic heterocycles. The van der Waals surface area contributed by atoms with Crippen molar-refractivity contribution in [2.24, 2.45) is 5.73 Å². The fraction of sp³-hybridized carbons (Fsp3) is 0.875. The number of nitrogens with one attached hydrogen (secondary N) is 1. The highest BCUT2D eigenvalue weighted by molar-refractivity contribution is 5.74. The van der Waals surface area contributed by atoms with Crippen molar-refractivity contribution < 1.29 is 9.53 Å². The van der Waals surface area contributed by atoms with Gasteiger partial charge in [0.1, 0.15) is 0 Å². The number of ether oxygens (including phenoxy) is 1. The fourth-order valence-electron chi connectivity index (χ4n) is 1.13. The Hall–Kier alpha value is -0.810. The minimum absolute atomic E-state index is 0.0374. The Morgan fingerprint density at radius 1 is 1.62 bits per heavy atom. The van der Waals surface area contributed by atoms with Crippen LogP contribution >= 0.6 is 0 Å². The lowest BCUT2D eigenvalue weighted by Gasteiger charge is -2.28. The standard InChI is InChI=1S/C8H17N3O2/c1-7(6-9)10-8(12)11-2-4-13-5-3-11/h7H,2-6,9H2,1H3,(H,10,12)/t7-/m1/s1. The average molecular weight is 187 g/mol. The SMILES string of the molecule is C[C@H](CN)NC(=O)N1CCOCC1. The molecule has 1 rings (SSSR count). The molecule has 0 spiro atoms. The highest BCUT2D eigenvalue weighted by Gasteiger charge is 2.17. The van der Waals surface area contributed by atoms with Crippen molar-refractivity contribution in [2.45, 2.75) is 13.0 Å². The Balaban J connectivity index is 2.29. The molecule has 3 N–H and O–H groups in total. The van der Waals surface area contributed by atoms with Crippen LogP contribution in [0.2, 0.25) is 0 Å². The van der Waals surface area contributed by atoms with Crippen molar-refractivity contribution in [3.8, 4) is 0 Å². The number of carbonyl (C=O) groups excluding carboxylic acids is 1. The molecule has 13 heavy (non-hydrogen) atoms. The van der Waals surface area contributed by atoms with Gasteiger partial charge in [0.25, 0.3) is 0 Å². The number of amides is 2. The summed E-state index contributed by atoms with van der Waals surface area (Å²) >= 11 is 0. The monoisotopic (exact) mass is 187 g/mol. The Kier molecular flexibility index (Phi) is 3.98. The number of nitrogens with two attached hydrogens (primary N) is 1. The van der Waals surface area contributed by atoms with Crippen LogP contribution in [-0.4, -0.2) is 49.8 Å². The van der Waals surface area contributed by atoms with Crippen molar-refractivity contribution in [3.63, 3.8) is 0 Å². The van der Waals surface area contributed by atoms with Gasteiger partial charge >= 0.3 is 6.03 Å². The van der Waals surface area contributed by atoms with Gasteiger partial charge in [-0.15, -0.1) is 0 Å². The summed E-state index contributed by atoms with van der Waals surface area (Å²) in [7, 11) is 0. The van der Waals surface area contributed by atoms with Crippen molar-refractivity contribution in [3.05, 3.63) is 0 Å². The van der Waals surface area contributed by atoms with E-state index in [-0.39, 0.29) is 12.1 Å². The number of morpholine rings is 1. The first-order valence-corrected chi connectivity index (χ1v) is 4.57. The maximum absolute atomic E-state index is 11.5. The summed E-state index contributed by atoms with van der Waals surface area (Å²) in [6.45, 7) is 4.95. The molecule has 1 aliphatic rings. The second-order valence-corrected chi connectivity index (χ2v) is 3.19. The topological polar surface area (TPSA) is 67.6 Å². The first kappa shape index (κ1) is 10.3. The third kappa shape index (κ3) is 3.20. The first-order valence-electron chi connectivity index (χ1n) is 4.57. The van der Waals surface area contributed by atoms with Gasteiger partial charge in [-0.1, -0.05) is 0 Å². The van der Waals surface area contributed by atoms with Gasteiger partial charge in [-0.2, -0.15) is 0 Å². The van der Waals surface area contributed by atoms with E-state index >= 15 is 0 Å². The molecule has 1 atom stereocenters. The van der Waals surface area contributed by atoms with Crippen LogP contribution in [0.1, 0.15) is 6.92 Å². The number of hydrogen-bond acceptors (Lipinski definition) is 3. The summed E-state index contributed by atoms with van der Waals surface area (Å²) < 4.78 is 5.13. The summed E-state index contributed by atoms with van der Waals surface area (Å²) in [6.07, 6.45) is 0. The van der Waals surface area contributed by atoms with E-state index in [1.807, 2.05) is 6.92 Å². The first-order chi connectivity index (χ1) is 6.24. The van der Waals surface area contributed by atoms with Gasteiger partial charge in [-0.05, 0) is 6.92 Å². The maximum Gasteiger partial charge on any atom is 0.317 e. The molecule has 0 aromatic heterocycles. The van der Waals surface area contributed by atoms with Gasteiger partial charge < -0.3 is 20.7 Å². The third-order valence-corrected chi connectivity index (χ3v) is 2.02. The summed E-state index contributed by atoms with van der Waals surface area (Å²) in [6, 6.07) is -0.00315. The minimum atomic E-state index is -0.0405. The van der Waals surface area contributed by atoms with Gasteiger partial charge in [0.15, 0.2) is 0 Å². The van der Waals surface area contributed by atoms with Crippen molar-refractivity contribution in [2.75, 3.05) is 32.8 Å². The number of urea groups is 1. The molecule has 2 amide bonds. The van der Waals surface area contributed by atoms with E-state index in [0.29, 0.717) is 32.8 Å². The van der Waals surface area contributed by atoms with Crippen LogP contribution in [0.25, 0.3) is 0 Å². The predicted octanol–water partition coefficient (Wildman–Crippen LogP) is -0.625. The number of hydrogen-bond donors (Lipinski definition) is 2. The van der Waals surface area contributed by atoms with Gasteiger partial charge in [-0.3, -0.25) is 0 Å². The third-order valence-electron chi connectivity index (χ3n) is 2.02. The Bertz CT molecular complexity index is 169. The molecule has 5 nitrogen and oxygen atoms in total. The molecule has 1 saturated heterocycles. The Morgan fingerprint density at radius 3 is 2.77 bits per heavy atom. The van der Waals surface area contributed by atoms with Gasteiger partial charge in [0.05, 0.1) is 13.2 Å². The average Bonchev–Trinajstić information content (AvgIpc) is 2.19. The smallest absolute Gasteiger partial charge is 0.317 e. The molecule has 5 heteroatoms. The predicted molar refractivity (Wildman–Crippen MR) is 49.4 cm³/mol. The summed E-state index contributed by atoms with van der Waals surface area (Å²) in [5, 5.41) is 2.81. The molecule has 0 unspecified atom stereocenters. The van der Waals surface area contributed by atoms with Gasteiger partial charge in [0, 0.05) is 25.7 Å². The quantitative estimate of drug-likeness (QED) is 0.605. The van der Waals surface area contributed by atoms with Crippen LogP contribution in [0.5, 0.6) is 0 Å². The van der Waals surface area contributed by atoms with Crippen molar-refractivity contribution >= 4 is 6.03 Å².